The molecule has 6 nitrogen and oxygen atoms in total. The van der Waals surface area contributed by atoms with Gasteiger partial charge in [-0.2, -0.15) is 0 Å². The van der Waals surface area contributed by atoms with Gasteiger partial charge in [0.15, 0.2) is 0 Å². The monoisotopic (exact) mass is 695 g/mol. The molecule has 0 saturated heterocycles. The van der Waals surface area contributed by atoms with Crippen LogP contribution in [0.4, 0.5) is 0 Å². The minimum Gasteiger partial charge on any atom is -0.465 e. The fraction of sp³-hybridized carbons (Fsp3) is 0.953. The van der Waals surface area contributed by atoms with E-state index in [1.807, 2.05) is 13.8 Å². The molecule has 0 aliphatic heterocycles. The molecule has 6 heteroatoms. The zero-order valence-corrected chi connectivity index (χ0v) is 34.0. The largest absolute Gasteiger partial charge is 0.465 e. The molecule has 0 amide bonds. The summed E-state index contributed by atoms with van der Waals surface area (Å²) in [5.41, 5.74) is 0. The van der Waals surface area contributed by atoms with Gasteiger partial charge >= 0.3 is 11.9 Å². The van der Waals surface area contributed by atoms with Gasteiger partial charge in [-0.25, -0.2) is 0 Å². The van der Waals surface area contributed by atoms with E-state index in [2.05, 4.69) is 37.5 Å². The zero-order valence-electron chi connectivity index (χ0n) is 34.0. The molecular weight excluding hydrogens is 608 g/mol. The van der Waals surface area contributed by atoms with Crippen LogP contribution in [0.5, 0.6) is 0 Å². The first-order chi connectivity index (χ1) is 23.9. The summed E-state index contributed by atoms with van der Waals surface area (Å²) in [6, 6.07) is 0. The highest BCUT2D eigenvalue weighted by Crippen LogP contribution is 2.16. The van der Waals surface area contributed by atoms with Gasteiger partial charge in [-0.1, -0.05) is 157 Å². The first kappa shape index (κ1) is 47.9. The van der Waals surface area contributed by atoms with Gasteiger partial charge in [0, 0.05) is 0 Å². The molecule has 2 atom stereocenters. The van der Waals surface area contributed by atoms with Gasteiger partial charge in [0.25, 0.3) is 0 Å². The normalized spacial score (nSPS) is 12.9. The fourth-order valence-corrected chi connectivity index (χ4v) is 6.66. The van der Waals surface area contributed by atoms with Crippen molar-refractivity contribution in [2.24, 2.45) is 11.8 Å². The predicted molar refractivity (Wildman–Crippen MR) is 211 cm³/mol. The number of ether oxygens (including phenoxy) is 2. The Hall–Kier alpha value is -1.14. The topological polar surface area (TPSA) is 59.1 Å². The third kappa shape index (κ3) is 31.3. The summed E-state index contributed by atoms with van der Waals surface area (Å²) in [4.78, 5) is 30.0. The summed E-state index contributed by atoms with van der Waals surface area (Å²) < 4.78 is 11.1. The van der Waals surface area contributed by atoms with Crippen LogP contribution in [0.1, 0.15) is 202 Å². The van der Waals surface area contributed by atoms with Crippen molar-refractivity contribution in [1.29, 1.82) is 0 Å². The Morgan fingerprint density at radius 1 is 0.408 bits per heavy atom. The molecule has 0 aliphatic rings. The highest BCUT2D eigenvalue weighted by Gasteiger charge is 2.15. The molecule has 0 spiro atoms. The molecule has 0 aliphatic carbocycles. The van der Waals surface area contributed by atoms with Crippen molar-refractivity contribution in [2.45, 2.75) is 202 Å². The Bertz CT molecular complexity index is 664. The quantitative estimate of drug-likeness (QED) is 0.0473. The van der Waals surface area contributed by atoms with Crippen molar-refractivity contribution in [3.05, 3.63) is 0 Å². The van der Waals surface area contributed by atoms with E-state index in [0.717, 1.165) is 51.6 Å². The van der Waals surface area contributed by atoms with Gasteiger partial charge in [0.2, 0.25) is 0 Å². The number of hydrogen-bond acceptors (Lipinski definition) is 6. The second kappa shape index (κ2) is 36.6. The molecule has 0 aromatic rings. The number of unbranched alkanes of at least 4 members (excludes halogenated alkanes) is 18. The van der Waals surface area contributed by atoms with E-state index in [4.69, 9.17) is 9.47 Å². The first-order valence-corrected chi connectivity index (χ1v) is 21.7. The lowest BCUT2D eigenvalue weighted by molar-refractivity contribution is -0.149. The summed E-state index contributed by atoms with van der Waals surface area (Å²) in [5, 5.41) is 0. The molecule has 0 radical (unpaired) electrons. The Morgan fingerprint density at radius 2 is 0.735 bits per heavy atom. The average Bonchev–Trinajstić information content (AvgIpc) is 3.10. The Morgan fingerprint density at radius 3 is 1.14 bits per heavy atom. The third-order valence-electron chi connectivity index (χ3n) is 10.4. The smallest absolute Gasteiger partial charge is 0.308 e. The summed E-state index contributed by atoms with van der Waals surface area (Å²) in [6.45, 7) is 21.3. The maximum atomic E-state index is 12.4. The second-order valence-electron chi connectivity index (χ2n) is 15.0. The standard InChI is InChI=1S/C43H86N2O4/c1-7-11-13-15-17-23-29-38-48-42(46)40(5)32-25-19-21-27-34-45(37-31-36-44(9-3)10-4)35-28-22-20-26-33-41(6)43(47)49-39-30-24-18-16-14-12-8-2/h40-41H,7-39H2,1-6H3. The SMILES string of the molecule is CCCCCCCCCOC(=O)C(C)CCCCCCN(CCCCCCC(C)C(=O)OCCCCCCCCC)CCCN(CC)CC. The fourth-order valence-electron chi connectivity index (χ4n) is 6.66. The molecule has 0 aromatic carbocycles. The Labute approximate surface area is 306 Å². The summed E-state index contributed by atoms with van der Waals surface area (Å²) in [5.74, 6) is 0.0337. The van der Waals surface area contributed by atoms with Crippen molar-refractivity contribution >= 4 is 11.9 Å². The van der Waals surface area contributed by atoms with E-state index in [9.17, 15) is 9.59 Å². The van der Waals surface area contributed by atoms with E-state index < -0.39 is 0 Å². The molecule has 0 bridgehead atoms. The maximum absolute atomic E-state index is 12.4. The lowest BCUT2D eigenvalue weighted by Gasteiger charge is -2.25. The van der Waals surface area contributed by atoms with Crippen molar-refractivity contribution < 1.29 is 19.1 Å². The zero-order chi connectivity index (χ0) is 36.2. The molecule has 0 rings (SSSR count). The van der Waals surface area contributed by atoms with Crippen molar-refractivity contribution in [1.82, 2.24) is 9.80 Å². The van der Waals surface area contributed by atoms with Crippen LogP contribution >= 0.6 is 0 Å². The first-order valence-electron chi connectivity index (χ1n) is 21.7. The van der Waals surface area contributed by atoms with E-state index >= 15 is 0 Å². The summed E-state index contributed by atoms with van der Waals surface area (Å²) in [7, 11) is 0. The van der Waals surface area contributed by atoms with Crippen LogP contribution in [-0.4, -0.2) is 74.2 Å². The van der Waals surface area contributed by atoms with Crippen LogP contribution in [0.3, 0.4) is 0 Å². The van der Waals surface area contributed by atoms with Gasteiger partial charge in [-0.05, 0) is 84.2 Å². The van der Waals surface area contributed by atoms with Crippen LogP contribution in [0.2, 0.25) is 0 Å². The Balaban J connectivity index is 4.15. The molecule has 0 aromatic heterocycles. The van der Waals surface area contributed by atoms with Crippen LogP contribution in [-0.2, 0) is 19.1 Å². The number of carbonyl (C=O) groups is 2. The molecule has 0 heterocycles. The van der Waals surface area contributed by atoms with E-state index in [1.165, 1.54) is 148 Å². The van der Waals surface area contributed by atoms with Crippen molar-refractivity contribution in [3.63, 3.8) is 0 Å². The van der Waals surface area contributed by atoms with Crippen molar-refractivity contribution in [2.75, 3.05) is 52.5 Å². The van der Waals surface area contributed by atoms with Crippen molar-refractivity contribution in [3.8, 4) is 0 Å². The van der Waals surface area contributed by atoms with Gasteiger partial charge in [0.1, 0.15) is 0 Å². The molecule has 0 fully saturated rings. The molecule has 2 unspecified atom stereocenters. The van der Waals surface area contributed by atoms with Gasteiger partial charge in [0.05, 0.1) is 25.0 Å². The van der Waals surface area contributed by atoms with Gasteiger partial charge in [-0.3, -0.25) is 9.59 Å². The van der Waals surface area contributed by atoms with Crippen LogP contribution in [0, 0.1) is 11.8 Å². The second-order valence-corrected chi connectivity index (χ2v) is 15.0. The third-order valence-corrected chi connectivity index (χ3v) is 10.4. The average molecular weight is 695 g/mol. The molecule has 49 heavy (non-hydrogen) atoms. The lowest BCUT2D eigenvalue weighted by atomic mass is 10.0. The molecule has 0 N–H and O–H groups in total. The number of nitrogens with zero attached hydrogens (tertiary/aromatic N) is 2. The highest BCUT2D eigenvalue weighted by atomic mass is 16.5. The molecular formula is C43H86N2O4. The number of hydrogen-bond donors (Lipinski definition) is 0. The van der Waals surface area contributed by atoms with Gasteiger partial charge in [-0.15, -0.1) is 0 Å². The highest BCUT2D eigenvalue weighted by molar-refractivity contribution is 5.72. The maximum Gasteiger partial charge on any atom is 0.308 e. The van der Waals surface area contributed by atoms with E-state index in [1.54, 1.807) is 0 Å². The van der Waals surface area contributed by atoms with E-state index in [-0.39, 0.29) is 23.8 Å². The number of esters is 2. The van der Waals surface area contributed by atoms with Gasteiger partial charge < -0.3 is 19.3 Å². The number of carbonyl (C=O) groups excluding carboxylic acids is 2. The molecule has 292 valence electrons. The minimum atomic E-state index is -0.00134. The minimum absolute atomic E-state index is 0.00134. The summed E-state index contributed by atoms with van der Waals surface area (Å²) >= 11 is 0. The predicted octanol–water partition coefficient (Wildman–Crippen LogP) is 11.8. The number of rotatable bonds is 38. The Kier molecular flexibility index (Phi) is 35.8. The van der Waals surface area contributed by atoms with Crippen LogP contribution in [0.25, 0.3) is 0 Å². The summed E-state index contributed by atoms with van der Waals surface area (Å²) in [6.07, 6.45) is 30.1. The lowest BCUT2D eigenvalue weighted by Crippen LogP contribution is -2.31. The van der Waals surface area contributed by atoms with E-state index in [0.29, 0.717) is 13.2 Å². The van der Waals surface area contributed by atoms with Crippen LogP contribution in [0.15, 0.2) is 0 Å². The van der Waals surface area contributed by atoms with Crippen LogP contribution < -0.4 is 0 Å². The molecule has 0 saturated carbocycles.